The third-order valence-corrected chi connectivity index (χ3v) is 5.78. The minimum atomic E-state index is -1.15. The number of carboxylic acids is 1. The largest absolute Gasteiger partial charge is 0.475 e. The van der Waals surface area contributed by atoms with Crippen molar-refractivity contribution in [3.63, 3.8) is 0 Å². The first kappa shape index (κ1) is 23.1. The molecule has 2 amide bonds. The van der Waals surface area contributed by atoms with Crippen molar-refractivity contribution in [2.75, 3.05) is 13.2 Å². The number of fused-ring (bicyclic) bond motifs is 3. The second kappa shape index (κ2) is 10.7. The molecule has 1 aliphatic rings. The lowest BCUT2D eigenvalue weighted by Gasteiger charge is -2.14. The van der Waals surface area contributed by atoms with Gasteiger partial charge >= 0.3 is 12.1 Å². The molecule has 0 bridgehead atoms. The number of ether oxygens (including phenoxy) is 1. The van der Waals surface area contributed by atoms with Gasteiger partial charge in [-0.05, 0) is 47.2 Å². The number of carbonyl (C=O) groups excluding carboxylic acids is 2. The summed E-state index contributed by atoms with van der Waals surface area (Å²) in [4.78, 5) is 34.9. The minimum absolute atomic E-state index is 0.0163. The van der Waals surface area contributed by atoms with Crippen molar-refractivity contribution in [1.29, 1.82) is 0 Å². The number of nitrogens with one attached hydrogen (secondary N) is 2. The van der Waals surface area contributed by atoms with Crippen LogP contribution in [0.2, 0.25) is 0 Å². The Bertz CT molecular complexity index is 1140. The van der Waals surface area contributed by atoms with Crippen LogP contribution in [0.3, 0.4) is 0 Å². The van der Waals surface area contributed by atoms with Gasteiger partial charge in [0.2, 0.25) is 11.7 Å². The third kappa shape index (κ3) is 5.46. The van der Waals surface area contributed by atoms with Crippen LogP contribution in [0.1, 0.15) is 52.6 Å². The Hall–Kier alpha value is -4.07. The van der Waals surface area contributed by atoms with Crippen LogP contribution in [-0.4, -0.2) is 36.2 Å². The summed E-state index contributed by atoms with van der Waals surface area (Å²) in [6.07, 6.45) is 1.03. The number of rotatable bonds is 10. The molecule has 1 heterocycles. The Labute approximate surface area is 196 Å². The zero-order valence-corrected chi connectivity index (χ0v) is 18.6. The van der Waals surface area contributed by atoms with Crippen molar-refractivity contribution in [1.82, 2.24) is 10.6 Å². The molecular formula is C26H26N2O6. The normalized spacial score (nSPS) is 12.0. The summed E-state index contributed by atoms with van der Waals surface area (Å²) >= 11 is 0. The molecule has 1 aliphatic carbocycles. The number of hydrogen-bond acceptors (Lipinski definition) is 5. The van der Waals surface area contributed by atoms with Crippen LogP contribution >= 0.6 is 0 Å². The number of furan rings is 1. The molecular weight excluding hydrogens is 436 g/mol. The number of carboxylic acid groups (broad SMARTS) is 1. The molecule has 0 unspecified atom stereocenters. The van der Waals surface area contributed by atoms with Gasteiger partial charge in [-0.25, -0.2) is 9.59 Å². The van der Waals surface area contributed by atoms with Crippen LogP contribution in [-0.2, 0) is 16.1 Å². The van der Waals surface area contributed by atoms with Crippen LogP contribution in [0, 0.1) is 0 Å². The second-order valence-corrected chi connectivity index (χ2v) is 8.06. The molecule has 0 aliphatic heterocycles. The first-order valence-electron chi connectivity index (χ1n) is 11.2. The van der Waals surface area contributed by atoms with Crippen molar-refractivity contribution in [3.05, 3.63) is 83.3 Å². The van der Waals surface area contributed by atoms with Gasteiger partial charge in [-0.3, -0.25) is 4.79 Å². The Morgan fingerprint density at radius 3 is 2.21 bits per heavy atom. The predicted molar refractivity (Wildman–Crippen MR) is 124 cm³/mol. The molecule has 8 heteroatoms. The maximum atomic E-state index is 12.2. The Balaban J connectivity index is 1.13. The summed E-state index contributed by atoms with van der Waals surface area (Å²) in [7, 11) is 0. The minimum Gasteiger partial charge on any atom is -0.475 e. The topological polar surface area (TPSA) is 118 Å². The molecule has 0 radical (unpaired) electrons. The number of hydrogen-bond donors (Lipinski definition) is 3. The van der Waals surface area contributed by atoms with E-state index in [1.165, 1.54) is 23.3 Å². The highest BCUT2D eigenvalue weighted by atomic mass is 16.5. The third-order valence-electron chi connectivity index (χ3n) is 5.78. The van der Waals surface area contributed by atoms with Gasteiger partial charge in [0, 0.05) is 18.9 Å². The zero-order chi connectivity index (χ0) is 23.9. The first-order chi connectivity index (χ1) is 16.5. The van der Waals surface area contributed by atoms with Crippen LogP contribution in [0.4, 0.5) is 4.79 Å². The van der Waals surface area contributed by atoms with E-state index in [2.05, 4.69) is 34.9 Å². The molecule has 0 atom stereocenters. The van der Waals surface area contributed by atoms with Crippen LogP contribution in [0.5, 0.6) is 0 Å². The zero-order valence-electron chi connectivity index (χ0n) is 18.6. The molecule has 8 nitrogen and oxygen atoms in total. The number of aromatic carboxylic acids is 1. The predicted octanol–water partition coefficient (Wildman–Crippen LogP) is 4.30. The molecule has 0 fully saturated rings. The van der Waals surface area contributed by atoms with E-state index in [4.69, 9.17) is 14.3 Å². The number of amides is 2. The molecule has 2 aromatic carbocycles. The van der Waals surface area contributed by atoms with Gasteiger partial charge in [0.1, 0.15) is 12.4 Å². The average molecular weight is 463 g/mol. The molecule has 3 aromatic rings. The average Bonchev–Trinajstić information content (AvgIpc) is 3.44. The number of carbonyl (C=O) groups is 3. The van der Waals surface area contributed by atoms with Gasteiger partial charge in [0.25, 0.3) is 0 Å². The van der Waals surface area contributed by atoms with E-state index in [0.717, 1.165) is 11.1 Å². The summed E-state index contributed by atoms with van der Waals surface area (Å²) in [6, 6.07) is 19.2. The maximum Gasteiger partial charge on any atom is 0.407 e. The van der Waals surface area contributed by atoms with E-state index in [-0.39, 0.29) is 30.7 Å². The molecule has 4 rings (SSSR count). The van der Waals surface area contributed by atoms with Gasteiger partial charge in [-0.2, -0.15) is 0 Å². The van der Waals surface area contributed by atoms with E-state index in [9.17, 15) is 14.4 Å². The van der Waals surface area contributed by atoms with E-state index >= 15 is 0 Å². The molecule has 0 saturated heterocycles. The fraction of sp³-hybridized carbons (Fsp3) is 0.269. The van der Waals surface area contributed by atoms with E-state index in [1.54, 1.807) is 0 Å². The lowest BCUT2D eigenvalue weighted by Crippen LogP contribution is -2.27. The summed E-state index contributed by atoms with van der Waals surface area (Å²) in [5.74, 6) is -1.09. The molecule has 0 saturated carbocycles. The highest BCUT2D eigenvalue weighted by Gasteiger charge is 2.28. The highest BCUT2D eigenvalue weighted by Crippen LogP contribution is 2.44. The fourth-order valence-electron chi connectivity index (χ4n) is 4.11. The first-order valence-corrected chi connectivity index (χ1v) is 11.2. The maximum absolute atomic E-state index is 12.2. The van der Waals surface area contributed by atoms with Gasteiger partial charge in [-0.15, -0.1) is 0 Å². The molecule has 1 aromatic heterocycles. The number of alkyl carbamates (subject to hydrolysis) is 1. The van der Waals surface area contributed by atoms with Crippen molar-refractivity contribution in [2.24, 2.45) is 0 Å². The van der Waals surface area contributed by atoms with Gasteiger partial charge in [0.15, 0.2) is 0 Å². The quantitative estimate of drug-likeness (QED) is 0.387. The second-order valence-electron chi connectivity index (χ2n) is 8.06. The standard InChI is InChI=1S/C26H26N2O6/c29-24(28-15-17-12-13-23(34-17)25(30)31)11-5-6-14-27-26(32)33-16-22-20-9-3-1-7-18(20)19-8-2-4-10-21(19)22/h1-4,7-10,12-13,22H,5-6,11,14-16H2,(H,27,32)(H,28,29)(H,30,31). The van der Waals surface area contributed by atoms with Gasteiger partial charge in [-0.1, -0.05) is 48.5 Å². The number of unbranched alkanes of at least 4 members (excludes halogenated alkanes) is 1. The Morgan fingerprint density at radius 2 is 1.56 bits per heavy atom. The monoisotopic (exact) mass is 462 g/mol. The SMILES string of the molecule is O=C(CCCCNC(=O)OCC1c2ccccc2-c2ccccc21)NCc1ccc(C(=O)O)o1. The smallest absolute Gasteiger partial charge is 0.407 e. The van der Waals surface area contributed by atoms with Crippen molar-refractivity contribution in [3.8, 4) is 11.1 Å². The molecule has 3 N–H and O–H groups in total. The Kier molecular flexibility index (Phi) is 7.27. The van der Waals surface area contributed by atoms with E-state index in [0.29, 0.717) is 31.6 Å². The Morgan fingerprint density at radius 1 is 0.882 bits per heavy atom. The summed E-state index contributed by atoms with van der Waals surface area (Å²) in [5, 5.41) is 14.2. The molecule has 176 valence electrons. The van der Waals surface area contributed by atoms with E-state index in [1.807, 2.05) is 24.3 Å². The summed E-state index contributed by atoms with van der Waals surface area (Å²) in [5.41, 5.74) is 4.69. The van der Waals surface area contributed by atoms with Crippen LogP contribution < -0.4 is 10.6 Å². The van der Waals surface area contributed by atoms with Crippen LogP contribution in [0.15, 0.2) is 65.1 Å². The number of benzene rings is 2. The van der Waals surface area contributed by atoms with Gasteiger partial charge < -0.3 is 24.9 Å². The van der Waals surface area contributed by atoms with E-state index < -0.39 is 12.1 Å². The van der Waals surface area contributed by atoms with Crippen molar-refractivity contribution < 1.29 is 28.6 Å². The van der Waals surface area contributed by atoms with Crippen molar-refractivity contribution in [2.45, 2.75) is 31.7 Å². The molecule has 34 heavy (non-hydrogen) atoms. The molecule has 0 spiro atoms. The summed E-state index contributed by atoms with van der Waals surface area (Å²) in [6.45, 7) is 0.798. The highest BCUT2D eigenvalue weighted by molar-refractivity contribution is 5.84. The summed E-state index contributed by atoms with van der Waals surface area (Å²) < 4.78 is 10.6. The lowest BCUT2D eigenvalue weighted by molar-refractivity contribution is -0.121. The van der Waals surface area contributed by atoms with Gasteiger partial charge in [0.05, 0.1) is 6.54 Å². The lowest BCUT2D eigenvalue weighted by atomic mass is 9.98. The van der Waals surface area contributed by atoms with Crippen molar-refractivity contribution >= 4 is 18.0 Å². The van der Waals surface area contributed by atoms with Crippen LogP contribution in [0.25, 0.3) is 11.1 Å². The fourth-order valence-corrected chi connectivity index (χ4v) is 4.11.